The summed E-state index contributed by atoms with van der Waals surface area (Å²) in [7, 11) is 3.31. The monoisotopic (exact) mass is 361 g/mol. The fraction of sp³-hybridized carbons (Fsp3) is 0.136. The topological polar surface area (TPSA) is 54.9 Å². The molecule has 0 aromatic heterocycles. The van der Waals surface area contributed by atoms with Crippen LogP contribution in [0.5, 0.6) is 11.5 Å². The second-order valence-corrected chi connectivity index (χ2v) is 5.86. The summed E-state index contributed by atoms with van der Waals surface area (Å²) >= 11 is 0. The van der Waals surface area contributed by atoms with Crippen molar-refractivity contribution in [2.45, 2.75) is 6.54 Å². The molecule has 27 heavy (non-hydrogen) atoms. The van der Waals surface area contributed by atoms with Crippen molar-refractivity contribution in [3.8, 4) is 11.5 Å². The van der Waals surface area contributed by atoms with E-state index in [0.717, 1.165) is 28.4 Å². The number of methoxy groups -OCH3 is 2. The highest BCUT2D eigenvalue weighted by atomic mass is 16.5. The molecule has 0 aliphatic carbocycles. The van der Waals surface area contributed by atoms with E-state index in [1.165, 1.54) is 0 Å². The molecule has 0 unspecified atom stereocenters. The van der Waals surface area contributed by atoms with Crippen molar-refractivity contribution in [1.82, 2.24) is 0 Å². The Hall–Kier alpha value is -3.47. The molecular formula is C22H23N3O2. The van der Waals surface area contributed by atoms with Crippen LogP contribution in [0.3, 0.4) is 0 Å². The van der Waals surface area contributed by atoms with Crippen molar-refractivity contribution in [3.05, 3.63) is 84.4 Å². The molecular weight excluding hydrogens is 338 g/mol. The number of nitrogens with zero attached hydrogens (tertiary/aromatic N) is 1. The molecule has 0 saturated carbocycles. The lowest BCUT2D eigenvalue weighted by atomic mass is 10.2. The number of hydrogen-bond acceptors (Lipinski definition) is 3. The summed E-state index contributed by atoms with van der Waals surface area (Å²) in [4.78, 5) is 4.70. The van der Waals surface area contributed by atoms with Crippen molar-refractivity contribution < 1.29 is 9.47 Å². The quantitative estimate of drug-likeness (QED) is 0.490. The van der Waals surface area contributed by atoms with Crippen molar-refractivity contribution >= 4 is 17.3 Å². The highest BCUT2D eigenvalue weighted by Gasteiger charge is 2.03. The van der Waals surface area contributed by atoms with Crippen LogP contribution < -0.4 is 20.1 Å². The Labute approximate surface area is 159 Å². The van der Waals surface area contributed by atoms with Crippen molar-refractivity contribution in [3.63, 3.8) is 0 Å². The summed E-state index contributed by atoms with van der Waals surface area (Å²) in [6, 6.07) is 25.6. The van der Waals surface area contributed by atoms with Gasteiger partial charge in [-0.1, -0.05) is 30.3 Å². The lowest BCUT2D eigenvalue weighted by Crippen LogP contribution is -2.22. The third-order valence-electron chi connectivity index (χ3n) is 3.97. The number of nitrogens with one attached hydrogen (secondary N) is 2. The van der Waals surface area contributed by atoms with E-state index in [1.807, 2.05) is 66.7 Å². The standard InChI is InChI=1S/C22H23N3O2/c1-26-20-12-8-18(9-13-20)24-22(23-16-17-6-4-3-5-7-17)25-19-10-14-21(27-2)15-11-19/h3-15H,16H2,1-2H3,(H2,23,24,25). The first-order valence-corrected chi connectivity index (χ1v) is 8.67. The minimum atomic E-state index is 0.572. The van der Waals surface area contributed by atoms with Crippen LogP contribution in [-0.2, 0) is 6.54 Å². The number of hydrogen-bond donors (Lipinski definition) is 2. The zero-order valence-corrected chi connectivity index (χ0v) is 15.5. The summed E-state index contributed by atoms with van der Waals surface area (Å²) in [5.41, 5.74) is 2.98. The molecule has 0 fully saturated rings. The first-order valence-electron chi connectivity index (χ1n) is 8.67. The number of guanidine groups is 1. The van der Waals surface area contributed by atoms with Gasteiger partial charge < -0.3 is 20.1 Å². The van der Waals surface area contributed by atoms with Gasteiger partial charge in [-0.25, -0.2) is 4.99 Å². The molecule has 0 bridgehead atoms. The van der Waals surface area contributed by atoms with Crippen LogP contribution in [0.25, 0.3) is 0 Å². The normalized spacial score (nSPS) is 10.0. The Morgan fingerprint density at radius 3 is 1.63 bits per heavy atom. The smallest absolute Gasteiger partial charge is 0.200 e. The average molecular weight is 361 g/mol. The van der Waals surface area contributed by atoms with E-state index in [4.69, 9.17) is 14.5 Å². The molecule has 5 heteroatoms. The average Bonchev–Trinajstić information content (AvgIpc) is 2.74. The van der Waals surface area contributed by atoms with Gasteiger partial charge in [0.25, 0.3) is 0 Å². The van der Waals surface area contributed by atoms with E-state index in [9.17, 15) is 0 Å². The van der Waals surface area contributed by atoms with Crippen LogP contribution in [-0.4, -0.2) is 20.2 Å². The van der Waals surface area contributed by atoms with Crippen molar-refractivity contribution in [2.75, 3.05) is 24.9 Å². The van der Waals surface area contributed by atoms with Crippen LogP contribution in [0.15, 0.2) is 83.9 Å². The number of aliphatic imine (C=N–C) groups is 1. The molecule has 0 atom stereocenters. The second-order valence-electron chi connectivity index (χ2n) is 5.86. The molecule has 138 valence electrons. The third-order valence-corrected chi connectivity index (χ3v) is 3.97. The number of rotatable bonds is 6. The van der Waals surface area contributed by atoms with Crippen LogP contribution in [0.1, 0.15) is 5.56 Å². The lowest BCUT2D eigenvalue weighted by molar-refractivity contribution is 0.415. The van der Waals surface area contributed by atoms with Gasteiger partial charge in [0.1, 0.15) is 11.5 Å². The fourth-order valence-corrected chi connectivity index (χ4v) is 2.49. The first kappa shape index (κ1) is 18.3. The summed E-state index contributed by atoms with van der Waals surface area (Å²) in [5, 5.41) is 6.66. The Morgan fingerprint density at radius 1 is 0.704 bits per heavy atom. The second kappa shape index (κ2) is 9.29. The summed E-state index contributed by atoms with van der Waals surface area (Å²) in [6.07, 6.45) is 0. The molecule has 3 aromatic carbocycles. The molecule has 3 rings (SSSR count). The zero-order chi connectivity index (χ0) is 18.9. The largest absolute Gasteiger partial charge is 0.497 e. The molecule has 3 aromatic rings. The molecule has 5 nitrogen and oxygen atoms in total. The van der Waals surface area contributed by atoms with E-state index in [-0.39, 0.29) is 0 Å². The van der Waals surface area contributed by atoms with Gasteiger partial charge in [0.2, 0.25) is 5.96 Å². The highest BCUT2D eigenvalue weighted by Crippen LogP contribution is 2.18. The summed E-state index contributed by atoms with van der Waals surface area (Å²) in [6.45, 7) is 0.572. The van der Waals surface area contributed by atoms with Crippen LogP contribution in [0, 0.1) is 0 Å². The van der Waals surface area contributed by atoms with Crippen LogP contribution in [0.2, 0.25) is 0 Å². The lowest BCUT2D eigenvalue weighted by Gasteiger charge is -2.13. The Balaban J connectivity index is 1.77. The molecule has 0 heterocycles. The SMILES string of the molecule is COc1ccc(NC(=NCc2ccccc2)Nc2ccc(OC)cc2)cc1. The van der Waals surface area contributed by atoms with E-state index in [0.29, 0.717) is 12.5 Å². The molecule has 0 radical (unpaired) electrons. The molecule has 0 aliphatic heterocycles. The number of ether oxygens (including phenoxy) is 2. The predicted molar refractivity (Wildman–Crippen MR) is 111 cm³/mol. The molecule has 0 saturated heterocycles. The molecule has 0 amide bonds. The number of benzene rings is 3. The van der Waals surface area contributed by atoms with Crippen molar-refractivity contribution in [1.29, 1.82) is 0 Å². The fourth-order valence-electron chi connectivity index (χ4n) is 2.49. The maximum absolute atomic E-state index is 5.21. The van der Waals surface area contributed by atoms with Gasteiger partial charge in [-0.15, -0.1) is 0 Å². The van der Waals surface area contributed by atoms with Crippen LogP contribution >= 0.6 is 0 Å². The molecule has 0 spiro atoms. The van der Waals surface area contributed by atoms with Gasteiger partial charge in [-0.3, -0.25) is 0 Å². The minimum absolute atomic E-state index is 0.572. The van der Waals surface area contributed by atoms with Gasteiger partial charge in [0, 0.05) is 11.4 Å². The molecule has 0 aliphatic rings. The van der Waals surface area contributed by atoms with E-state index >= 15 is 0 Å². The Bertz CT molecular complexity index is 809. The van der Waals surface area contributed by atoms with E-state index in [1.54, 1.807) is 14.2 Å². The minimum Gasteiger partial charge on any atom is -0.497 e. The number of anilines is 2. The highest BCUT2D eigenvalue weighted by molar-refractivity contribution is 6.03. The first-order chi connectivity index (χ1) is 13.3. The summed E-state index contributed by atoms with van der Waals surface area (Å²) < 4.78 is 10.4. The van der Waals surface area contributed by atoms with Crippen LogP contribution in [0.4, 0.5) is 11.4 Å². The molecule has 2 N–H and O–H groups in total. The predicted octanol–water partition coefficient (Wildman–Crippen LogP) is 4.78. The Morgan fingerprint density at radius 2 is 1.19 bits per heavy atom. The van der Waals surface area contributed by atoms with Crippen molar-refractivity contribution in [2.24, 2.45) is 4.99 Å². The van der Waals surface area contributed by atoms with E-state index in [2.05, 4.69) is 22.8 Å². The zero-order valence-electron chi connectivity index (χ0n) is 15.5. The third kappa shape index (κ3) is 5.51. The summed E-state index contributed by atoms with van der Waals surface area (Å²) in [5.74, 6) is 2.28. The van der Waals surface area contributed by atoms with E-state index < -0.39 is 0 Å². The van der Waals surface area contributed by atoms with Gasteiger partial charge in [-0.2, -0.15) is 0 Å². The van der Waals surface area contributed by atoms with Gasteiger partial charge in [0.15, 0.2) is 0 Å². The van der Waals surface area contributed by atoms with Gasteiger partial charge >= 0.3 is 0 Å². The maximum Gasteiger partial charge on any atom is 0.200 e. The Kier molecular flexibility index (Phi) is 6.30. The van der Waals surface area contributed by atoms with Gasteiger partial charge in [0.05, 0.1) is 20.8 Å². The van der Waals surface area contributed by atoms with Gasteiger partial charge in [-0.05, 0) is 54.1 Å². The maximum atomic E-state index is 5.21.